The van der Waals surface area contributed by atoms with Gasteiger partial charge in [-0.15, -0.1) is 0 Å². The molecule has 14 heavy (non-hydrogen) atoms. The minimum atomic E-state index is -2.81. The lowest BCUT2D eigenvalue weighted by atomic mass is 10.2. The first kappa shape index (κ1) is 11.5. The SMILES string of the molecule is CN(CCC(=N)N)C1CCS(=O)(=O)C1. The van der Waals surface area contributed by atoms with Crippen LogP contribution in [0.25, 0.3) is 0 Å². The van der Waals surface area contributed by atoms with E-state index >= 15 is 0 Å². The number of hydrogen-bond acceptors (Lipinski definition) is 4. The molecule has 0 amide bonds. The number of nitrogens with one attached hydrogen (secondary N) is 1. The van der Waals surface area contributed by atoms with Gasteiger partial charge in [-0.1, -0.05) is 0 Å². The number of rotatable bonds is 4. The highest BCUT2D eigenvalue weighted by Crippen LogP contribution is 2.16. The normalized spacial score (nSPS) is 25.4. The average Bonchev–Trinajstić information content (AvgIpc) is 2.41. The van der Waals surface area contributed by atoms with Gasteiger partial charge in [0.05, 0.1) is 17.3 Å². The van der Waals surface area contributed by atoms with Crippen LogP contribution < -0.4 is 5.73 Å². The van der Waals surface area contributed by atoms with Crippen molar-refractivity contribution in [3.8, 4) is 0 Å². The van der Waals surface area contributed by atoms with Gasteiger partial charge in [0, 0.05) is 19.0 Å². The van der Waals surface area contributed by atoms with Crippen molar-refractivity contribution in [2.24, 2.45) is 5.73 Å². The maximum atomic E-state index is 11.2. The fourth-order valence-corrected chi connectivity index (χ4v) is 3.41. The molecule has 1 atom stereocenters. The second-order valence-corrected chi connectivity index (χ2v) is 6.04. The maximum absolute atomic E-state index is 11.2. The number of hydrogen-bond donors (Lipinski definition) is 2. The van der Waals surface area contributed by atoms with E-state index in [1.165, 1.54) is 0 Å². The van der Waals surface area contributed by atoms with Crippen LogP contribution in [0.15, 0.2) is 0 Å². The zero-order valence-electron chi connectivity index (χ0n) is 8.36. The second-order valence-electron chi connectivity index (χ2n) is 3.81. The summed E-state index contributed by atoms with van der Waals surface area (Å²) < 4.78 is 22.4. The van der Waals surface area contributed by atoms with Crippen LogP contribution in [0.4, 0.5) is 0 Å². The first-order chi connectivity index (χ1) is 6.41. The van der Waals surface area contributed by atoms with Crippen LogP contribution >= 0.6 is 0 Å². The molecule has 1 heterocycles. The summed E-state index contributed by atoms with van der Waals surface area (Å²) in [7, 11) is -0.922. The molecule has 1 rings (SSSR count). The van der Waals surface area contributed by atoms with E-state index in [4.69, 9.17) is 11.1 Å². The van der Waals surface area contributed by atoms with Crippen LogP contribution in [-0.2, 0) is 9.84 Å². The van der Waals surface area contributed by atoms with Gasteiger partial charge in [-0.25, -0.2) is 8.42 Å². The summed E-state index contributed by atoms with van der Waals surface area (Å²) in [6, 6.07) is 0.111. The largest absolute Gasteiger partial charge is 0.388 e. The van der Waals surface area contributed by atoms with Gasteiger partial charge in [-0.2, -0.15) is 0 Å². The molecule has 1 aliphatic rings. The summed E-state index contributed by atoms with van der Waals surface area (Å²) >= 11 is 0. The molecule has 82 valence electrons. The molecule has 0 aromatic heterocycles. The van der Waals surface area contributed by atoms with Crippen molar-refractivity contribution in [3.63, 3.8) is 0 Å². The van der Waals surface area contributed by atoms with Crippen LogP contribution in [0.3, 0.4) is 0 Å². The Balaban J connectivity index is 2.39. The van der Waals surface area contributed by atoms with E-state index in [0.717, 1.165) is 0 Å². The molecule has 0 radical (unpaired) electrons. The molecule has 1 unspecified atom stereocenters. The van der Waals surface area contributed by atoms with Gasteiger partial charge in [0.1, 0.15) is 0 Å². The first-order valence-corrected chi connectivity index (χ1v) is 6.46. The smallest absolute Gasteiger partial charge is 0.151 e. The van der Waals surface area contributed by atoms with Crippen molar-refractivity contribution in [3.05, 3.63) is 0 Å². The highest BCUT2D eigenvalue weighted by molar-refractivity contribution is 7.91. The lowest BCUT2D eigenvalue weighted by Gasteiger charge is -2.22. The predicted molar refractivity (Wildman–Crippen MR) is 56.2 cm³/mol. The second kappa shape index (κ2) is 4.27. The zero-order valence-corrected chi connectivity index (χ0v) is 9.18. The molecule has 5 nitrogen and oxygen atoms in total. The standard InChI is InChI=1S/C8H17N3O2S/c1-11(4-2-8(9)10)7-3-5-14(12,13)6-7/h7H,2-6H2,1H3,(H3,9,10). The van der Waals surface area contributed by atoms with Crippen molar-refractivity contribution in [1.29, 1.82) is 5.41 Å². The van der Waals surface area contributed by atoms with Crippen LogP contribution in [0.1, 0.15) is 12.8 Å². The Labute approximate surface area is 84.7 Å². The van der Waals surface area contributed by atoms with Gasteiger partial charge in [0.15, 0.2) is 9.84 Å². The summed E-state index contributed by atoms with van der Waals surface area (Å²) in [6.45, 7) is 0.662. The molecule has 0 aromatic rings. The van der Waals surface area contributed by atoms with Gasteiger partial charge < -0.3 is 10.6 Å². The first-order valence-electron chi connectivity index (χ1n) is 4.64. The third-order valence-corrected chi connectivity index (χ3v) is 4.32. The van der Waals surface area contributed by atoms with Crippen molar-refractivity contribution < 1.29 is 8.42 Å². The van der Waals surface area contributed by atoms with Gasteiger partial charge in [0.2, 0.25) is 0 Å². The third kappa shape index (κ3) is 3.26. The lowest BCUT2D eigenvalue weighted by molar-refractivity contribution is 0.269. The molecule has 1 fully saturated rings. The van der Waals surface area contributed by atoms with E-state index in [2.05, 4.69) is 0 Å². The van der Waals surface area contributed by atoms with Crippen LogP contribution in [0.2, 0.25) is 0 Å². The van der Waals surface area contributed by atoms with E-state index < -0.39 is 9.84 Å². The van der Waals surface area contributed by atoms with Gasteiger partial charge in [0.25, 0.3) is 0 Å². The summed E-state index contributed by atoms with van der Waals surface area (Å²) in [5.74, 6) is 0.696. The number of amidine groups is 1. The third-order valence-electron chi connectivity index (χ3n) is 2.57. The fraction of sp³-hybridized carbons (Fsp3) is 0.875. The topological polar surface area (TPSA) is 87.2 Å². The Morgan fingerprint density at radius 3 is 2.71 bits per heavy atom. The van der Waals surface area contributed by atoms with Crippen molar-refractivity contribution in [2.45, 2.75) is 18.9 Å². The van der Waals surface area contributed by atoms with Gasteiger partial charge in [-0.3, -0.25) is 5.41 Å². The number of nitrogens with zero attached hydrogens (tertiary/aromatic N) is 1. The van der Waals surface area contributed by atoms with Crippen molar-refractivity contribution >= 4 is 15.7 Å². The molecule has 0 aromatic carbocycles. The zero-order chi connectivity index (χ0) is 10.8. The highest BCUT2D eigenvalue weighted by atomic mass is 32.2. The summed E-state index contributed by atoms with van der Waals surface area (Å²) in [4.78, 5) is 1.98. The Morgan fingerprint density at radius 2 is 2.29 bits per heavy atom. The molecule has 1 saturated heterocycles. The average molecular weight is 219 g/mol. The molecule has 0 aliphatic carbocycles. The molecule has 3 N–H and O–H groups in total. The van der Waals surface area contributed by atoms with Crippen molar-refractivity contribution in [2.75, 3.05) is 25.1 Å². The highest BCUT2D eigenvalue weighted by Gasteiger charge is 2.30. The van der Waals surface area contributed by atoms with Gasteiger partial charge in [-0.05, 0) is 13.5 Å². The predicted octanol–water partition coefficient (Wildman–Crippen LogP) is -0.569. The van der Waals surface area contributed by atoms with Crippen LogP contribution in [-0.4, -0.2) is 50.3 Å². The van der Waals surface area contributed by atoms with E-state index in [1.807, 2.05) is 11.9 Å². The number of sulfone groups is 1. The Hall–Kier alpha value is -0.620. The molecule has 0 saturated carbocycles. The minimum absolute atomic E-state index is 0.111. The molecule has 0 bridgehead atoms. The quantitative estimate of drug-likeness (QED) is 0.490. The van der Waals surface area contributed by atoms with Crippen molar-refractivity contribution in [1.82, 2.24) is 4.90 Å². The minimum Gasteiger partial charge on any atom is -0.388 e. The lowest BCUT2D eigenvalue weighted by Crippen LogP contribution is -2.35. The maximum Gasteiger partial charge on any atom is 0.151 e. The fourth-order valence-electron chi connectivity index (χ4n) is 1.60. The van der Waals surface area contributed by atoms with E-state index in [-0.39, 0.29) is 17.6 Å². The Bertz CT molecular complexity index is 313. The van der Waals surface area contributed by atoms with E-state index in [0.29, 0.717) is 25.1 Å². The molecule has 6 heteroatoms. The molecular weight excluding hydrogens is 202 g/mol. The number of nitrogens with two attached hydrogens (primary N) is 1. The van der Waals surface area contributed by atoms with Crippen LogP contribution in [0.5, 0.6) is 0 Å². The molecule has 1 aliphatic heterocycles. The Kier molecular flexibility index (Phi) is 3.49. The molecular formula is C8H17N3O2S. The molecule has 0 spiro atoms. The summed E-state index contributed by atoms with van der Waals surface area (Å²) in [5.41, 5.74) is 5.23. The summed E-state index contributed by atoms with van der Waals surface area (Å²) in [6.07, 6.45) is 1.21. The monoisotopic (exact) mass is 219 g/mol. The summed E-state index contributed by atoms with van der Waals surface area (Å²) in [5, 5.41) is 7.07. The van der Waals surface area contributed by atoms with Gasteiger partial charge >= 0.3 is 0 Å². The van der Waals surface area contributed by atoms with E-state index in [1.54, 1.807) is 0 Å². The van der Waals surface area contributed by atoms with E-state index in [9.17, 15) is 8.42 Å². The van der Waals surface area contributed by atoms with Crippen LogP contribution in [0, 0.1) is 5.41 Å². The Morgan fingerprint density at radius 1 is 1.64 bits per heavy atom.